The molecular formula is C5H15NO9P2. The quantitative estimate of drug-likeness (QED) is 0.229. The van der Waals surface area contributed by atoms with E-state index in [9.17, 15) is 14.2 Å². The summed E-state index contributed by atoms with van der Waals surface area (Å²) in [5.41, 5.74) is 5.01. The van der Waals surface area contributed by atoms with Crippen molar-refractivity contribution in [3.63, 3.8) is 0 Å². The highest BCUT2D eigenvalue weighted by Gasteiger charge is 2.58. The molecule has 0 amide bonds. The molecule has 104 valence electrons. The summed E-state index contributed by atoms with van der Waals surface area (Å²) >= 11 is 0. The van der Waals surface area contributed by atoms with Crippen LogP contribution in [-0.4, -0.2) is 47.9 Å². The molecule has 0 aromatic rings. The molecule has 0 bridgehead atoms. The second-order valence-electron chi connectivity index (χ2n) is 2.86. The first kappa shape index (κ1) is 19.0. The second-order valence-corrected chi connectivity index (χ2v) is 6.87. The van der Waals surface area contributed by atoms with Crippen molar-refractivity contribution < 1.29 is 43.7 Å². The summed E-state index contributed by atoms with van der Waals surface area (Å²) in [6.07, 6.45) is -0.856. The molecule has 8 N–H and O–H groups in total. The van der Waals surface area contributed by atoms with Gasteiger partial charge in [-0.15, -0.1) is 0 Å². The van der Waals surface area contributed by atoms with Gasteiger partial charge in [0.2, 0.25) is 0 Å². The molecule has 0 atom stereocenters. The largest absolute Gasteiger partial charge is 0.483 e. The maximum atomic E-state index is 10.7. The molecule has 0 aliphatic heterocycles. The summed E-state index contributed by atoms with van der Waals surface area (Å²) in [6, 6.07) is 0. The Kier molecular flexibility index (Phi) is 8.06. The molecule has 0 aliphatic rings. The zero-order chi connectivity index (χ0) is 14.3. The van der Waals surface area contributed by atoms with Crippen LogP contribution < -0.4 is 5.73 Å². The van der Waals surface area contributed by atoms with Crippen molar-refractivity contribution >= 4 is 21.7 Å². The molecule has 0 spiro atoms. The van der Waals surface area contributed by atoms with E-state index in [2.05, 4.69) is 0 Å². The lowest BCUT2D eigenvalue weighted by atomic mass is 10.3. The Morgan fingerprint density at radius 1 is 1.12 bits per heavy atom. The van der Waals surface area contributed by atoms with Gasteiger partial charge in [-0.1, -0.05) is 0 Å². The van der Waals surface area contributed by atoms with Crippen molar-refractivity contribution in [2.24, 2.45) is 5.73 Å². The molecule has 0 radical (unpaired) electrons. The molecule has 0 fully saturated rings. The second kappa shape index (κ2) is 7.20. The molecule has 0 unspecified atom stereocenters. The fourth-order valence-electron chi connectivity index (χ4n) is 0.800. The summed E-state index contributed by atoms with van der Waals surface area (Å²) in [4.78, 5) is 42.9. The number of nitrogens with two attached hydrogens (primary N) is 1. The van der Waals surface area contributed by atoms with Gasteiger partial charge >= 0.3 is 15.2 Å². The van der Waals surface area contributed by atoms with Gasteiger partial charge in [-0.3, -0.25) is 13.9 Å². The first-order valence-corrected chi connectivity index (χ1v) is 7.32. The van der Waals surface area contributed by atoms with Crippen molar-refractivity contribution in [1.29, 1.82) is 0 Å². The van der Waals surface area contributed by atoms with E-state index in [4.69, 9.17) is 35.2 Å². The Hall–Kier alpha value is -0.310. The SMILES string of the molecule is NCCCC(O)(P(=O)(O)O)P(=O)(O)O.O=CO. The van der Waals surface area contributed by atoms with E-state index in [1.54, 1.807) is 0 Å². The van der Waals surface area contributed by atoms with Crippen LogP contribution in [0.25, 0.3) is 0 Å². The third-order valence-electron chi connectivity index (χ3n) is 1.65. The topological polar surface area (TPSA) is 199 Å². The third kappa shape index (κ3) is 5.71. The normalized spacial score (nSPS) is 12.6. The summed E-state index contributed by atoms with van der Waals surface area (Å²) in [5.74, 6) is 0. The molecule has 0 heterocycles. The molecule has 0 saturated heterocycles. The van der Waals surface area contributed by atoms with Gasteiger partial charge in [-0.25, -0.2) is 0 Å². The van der Waals surface area contributed by atoms with Crippen molar-refractivity contribution in [1.82, 2.24) is 0 Å². The zero-order valence-electron chi connectivity index (χ0n) is 8.58. The highest BCUT2D eigenvalue weighted by molar-refractivity contribution is 7.72. The molecule has 17 heavy (non-hydrogen) atoms. The van der Waals surface area contributed by atoms with Crippen LogP contribution in [0.15, 0.2) is 0 Å². The van der Waals surface area contributed by atoms with Gasteiger partial charge < -0.3 is 35.5 Å². The van der Waals surface area contributed by atoms with Crippen LogP contribution >= 0.6 is 15.2 Å². The zero-order valence-corrected chi connectivity index (χ0v) is 10.4. The lowest BCUT2D eigenvalue weighted by Crippen LogP contribution is -2.29. The van der Waals surface area contributed by atoms with E-state index in [0.29, 0.717) is 0 Å². The van der Waals surface area contributed by atoms with Crippen molar-refractivity contribution in [3.05, 3.63) is 0 Å². The minimum absolute atomic E-state index is 0.0394. The number of aliphatic hydroxyl groups is 1. The average Bonchev–Trinajstić information content (AvgIpc) is 2.11. The van der Waals surface area contributed by atoms with Gasteiger partial charge in [0.25, 0.3) is 11.6 Å². The van der Waals surface area contributed by atoms with Gasteiger partial charge in [0.05, 0.1) is 0 Å². The maximum absolute atomic E-state index is 10.7. The van der Waals surface area contributed by atoms with Gasteiger partial charge in [0.1, 0.15) is 0 Å². The van der Waals surface area contributed by atoms with E-state index in [-0.39, 0.29) is 19.4 Å². The molecule has 12 heteroatoms. The van der Waals surface area contributed by atoms with E-state index >= 15 is 0 Å². The predicted molar refractivity (Wildman–Crippen MR) is 56.0 cm³/mol. The average molecular weight is 295 g/mol. The third-order valence-corrected chi connectivity index (χ3v) is 5.53. The van der Waals surface area contributed by atoms with E-state index < -0.39 is 26.7 Å². The molecule has 0 saturated carbocycles. The Bertz CT molecular complexity index is 297. The maximum Gasteiger partial charge on any atom is 0.369 e. The van der Waals surface area contributed by atoms with Crippen LogP contribution in [-0.2, 0) is 13.9 Å². The highest BCUT2D eigenvalue weighted by atomic mass is 31.2. The van der Waals surface area contributed by atoms with Crippen LogP contribution in [0.2, 0.25) is 0 Å². The van der Waals surface area contributed by atoms with Gasteiger partial charge in [0.15, 0.2) is 0 Å². The Morgan fingerprint density at radius 3 is 1.59 bits per heavy atom. The predicted octanol–water partition coefficient (Wildman–Crippen LogP) is -1.57. The monoisotopic (exact) mass is 295 g/mol. The van der Waals surface area contributed by atoms with E-state index in [1.807, 2.05) is 0 Å². The minimum Gasteiger partial charge on any atom is -0.483 e. The standard InChI is InChI=1S/C4H13NO7P2.CH2O2/c5-3-1-2-4(6,13(7,8)9)14(10,11)12;2-1-3/h6H,1-3,5H2,(H2,7,8,9)(H2,10,11,12);1H,(H,2,3). The van der Waals surface area contributed by atoms with Crippen molar-refractivity contribution in [2.45, 2.75) is 17.9 Å². The number of carboxylic acid groups (broad SMARTS) is 1. The van der Waals surface area contributed by atoms with Crippen LogP contribution in [0, 0.1) is 0 Å². The summed E-state index contributed by atoms with van der Waals surface area (Å²) < 4.78 is 21.4. The molecule has 0 rings (SSSR count). The number of rotatable bonds is 5. The van der Waals surface area contributed by atoms with Gasteiger partial charge in [-0.2, -0.15) is 0 Å². The Labute approximate surface area is 96.4 Å². The highest BCUT2D eigenvalue weighted by Crippen LogP contribution is 2.69. The summed E-state index contributed by atoms with van der Waals surface area (Å²) in [7, 11) is -10.6. The van der Waals surface area contributed by atoms with Crippen LogP contribution in [0.4, 0.5) is 0 Å². The lowest BCUT2D eigenvalue weighted by molar-refractivity contribution is -0.122. The molecular weight excluding hydrogens is 280 g/mol. The van der Waals surface area contributed by atoms with E-state index in [0.717, 1.165) is 0 Å². The number of carbonyl (C=O) groups is 1. The van der Waals surface area contributed by atoms with E-state index in [1.165, 1.54) is 0 Å². The minimum atomic E-state index is -5.30. The van der Waals surface area contributed by atoms with Crippen LogP contribution in [0.5, 0.6) is 0 Å². The lowest BCUT2D eigenvalue weighted by Gasteiger charge is -2.28. The molecule has 10 nitrogen and oxygen atoms in total. The smallest absolute Gasteiger partial charge is 0.369 e. The fraction of sp³-hybridized carbons (Fsp3) is 0.800. The van der Waals surface area contributed by atoms with Crippen molar-refractivity contribution in [3.8, 4) is 0 Å². The Morgan fingerprint density at radius 2 is 1.41 bits per heavy atom. The van der Waals surface area contributed by atoms with Crippen LogP contribution in [0.3, 0.4) is 0 Å². The summed E-state index contributed by atoms with van der Waals surface area (Å²) in [5, 5.41) is 12.8. The summed E-state index contributed by atoms with van der Waals surface area (Å²) in [6.45, 7) is -0.289. The molecule has 0 aromatic heterocycles. The van der Waals surface area contributed by atoms with Gasteiger partial charge in [0, 0.05) is 6.42 Å². The van der Waals surface area contributed by atoms with Crippen LogP contribution in [0.1, 0.15) is 12.8 Å². The molecule has 0 aliphatic carbocycles. The molecule has 0 aromatic carbocycles. The fourth-order valence-corrected chi connectivity index (χ4v) is 3.06. The number of hydrogen-bond acceptors (Lipinski definition) is 5. The first-order valence-electron chi connectivity index (χ1n) is 4.09. The van der Waals surface area contributed by atoms with Gasteiger partial charge in [-0.05, 0) is 13.0 Å². The Balaban J connectivity index is 0. The number of hydrogen-bond donors (Lipinski definition) is 7. The first-order chi connectivity index (χ1) is 7.47. The van der Waals surface area contributed by atoms with Crippen molar-refractivity contribution in [2.75, 3.05) is 6.54 Å².